The van der Waals surface area contributed by atoms with Gasteiger partial charge in [0.05, 0.1) is 11.3 Å². The molecule has 1 heterocycles. The first-order valence-electron chi connectivity index (χ1n) is 6.68. The maximum Gasteiger partial charge on any atom is 0.333 e. The molecule has 0 saturated heterocycles. The number of H-pyrrole nitrogens is 1. The van der Waals surface area contributed by atoms with Crippen molar-refractivity contribution in [2.45, 2.75) is 33.1 Å². The molecule has 21 heavy (non-hydrogen) atoms. The highest BCUT2D eigenvalue weighted by atomic mass is 16.2. The number of rotatable bonds is 2. The summed E-state index contributed by atoms with van der Waals surface area (Å²) in [4.78, 5) is 38.0. The standard InChI is InChI=1S/C16H18N2O3/c1-10(19)13-9-17-15(21)18(14(13)20)12-7-5-11(6-8-12)16(2,3)4/h5-9H,1-4H3,(H,17,21). The van der Waals surface area contributed by atoms with Crippen molar-refractivity contribution in [2.75, 3.05) is 0 Å². The Morgan fingerprint density at radius 3 is 2.14 bits per heavy atom. The van der Waals surface area contributed by atoms with E-state index in [0.29, 0.717) is 5.69 Å². The SMILES string of the molecule is CC(=O)c1c[nH]c(=O)n(-c2ccc(C(C)(C)C)cc2)c1=O. The van der Waals surface area contributed by atoms with Crippen molar-refractivity contribution in [1.82, 2.24) is 9.55 Å². The maximum atomic E-state index is 12.2. The summed E-state index contributed by atoms with van der Waals surface area (Å²) in [5, 5.41) is 0. The van der Waals surface area contributed by atoms with Gasteiger partial charge in [-0.1, -0.05) is 32.9 Å². The molecule has 0 amide bonds. The van der Waals surface area contributed by atoms with E-state index >= 15 is 0 Å². The van der Waals surface area contributed by atoms with Crippen molar-refractivity contribution in [1.29, 1.82) is 0 Å². The van der Waals surface area contributed by atoms with E-state index in [2.05, 4.69) is 25.8 Å². The monoisotopic (exact) mass is 286 g/mol. The van der Waals surface area contributed by atoms with E-state index in [-0.39, 0.29) is 16.8 Å². The van der Waals surface area contributed by atoms with E-state index in [4.69, 9.17) is 0 Å². The van der Waals surface area contributed by atoms with Crippen molar-refractivity contribution < 1.29 is 4.79 Å². The predicted molar refractivity (Wildman–Crippen MR) is 81.4 cm³/mol. The van der Waals surface area contributed by atoms with Crippen LogP contribution in [-0.2, 0) is 5.41 Å². The van der Waals surface area contributed by atoms with Crippen LogP contribution in [0.2, 0.25) is 0 Å². The highest BCUT2D eigenvalue weighted by Gasteiger charge is 2.15. The van der Waals surface area contributed by atoms with Crippen LogP contribution in [0.3, 0.4) is 0 Å². The van der Waals surface area contributed by atoms with E-state index in [1.165, 1.54) is 6.92 Å². The smallest absolute Gasteiger partial charge is 0.313 e. The molecule has 0 unspecified atom stereocenters. The molecule has 0 spiro atoms. The number of Topliss-reactive ketones (excluding diaryl/α,β-unsaturated/α-hetero) is 1. The Morgan fingerprint density at radius 1 is 1.10 bits per heavy atom. The largest absolute Gasteiger partial charge is 0.333 e. The number of ketones is 1. The molecule has 0 atom stereocenters. The lowest BCUT2D eigenvalue weighted by atomic mass is 9.87. The summed E-state index contributed by atoms with van der Waals surface area (Å²) in [6, 6.07) is 7.17. The van der Waals surface area contributed by atoms with Crippen LogP contribution in [0.25, 0.3) is 5.69 Å². The van der Waals surface area contributed by atoms with Crippen molar-refractivity contribution in [3.63, 3.8) is 0 Å². The van der Waals surface area contributed by atoms with Crippen LogP contribution >= 0.6 is 0 Å². The zero-order valence-electron chi connectivity index (χ0n) is 12.6. The summed E-state index contributed by atoms with van der Waals surface area (Å²) in [5.74, 6) is -0.378. The first-order valence-corrected chi connectivity index (χ1v) is 6.68. The van der Waals surface area contributed by atoms with Gasteiger partial charge in [-0.2, -0.15) is 0 Å². The van der Waals surface area contributed by atoms with Crippen molar-refractivity contribution in [3.8, 4) is 5.69 Å². The zero-order chi connectivity index (χ0) is 15.8. The number of aromatic nitrogens is 2. The number of carbonyl (C=O) groups excluding carboxylic acids is 1. The van der Waals surface area contributed by atoms with Gasteiger partial charge in [0.1, 0.15) is 0 Å². The van der Waals surface area contributed by atoms with Gasteiger partial charge in [-0.3, -0.25) is 9.59 Å². The summed E-state index contributed by atoms with van der Waals surface area (Å²) < 4.78 is 0.975. The lowest BCUT2D eigenvalue weighted by Crippen LogP contribution is -2.36. The third-order valence-electron chi connectivity index (χ3n) is 3.35. The molecule has 0 fully saturated rings. The Morgan fingerprint density at radius 2 is 1.67 bits per heavy atom. The molecule has 0 aliphatic heterocycles. The third-order valence-corrected chi connectivity index (χ3v) is 3.35. The fraction of sp³-hybridized carbons (Fsp3) is 0.312. The molecule has 1 aromatic heterocycles. The van der Waals surface area contributed by atoms with Gasteiger partial charge in [-0.15, -0.1) is 0 Å². The minimum absolute atomic E-state index is 0.0167. The van der Waals surface area contributed by atoms with Gasteiger partial charge in [-0.25, -0.2) is 9.36 Å². The second kappa shape index (κ2) is 5.16. The molecule has 0 aliphatic carbocycles. The average Bonchev–Trinajstić information content (AvgIpc) is 2.38. The molecule has 0 radical (unpaired) electrons. The van der Waals surface area contributed by atoms with Crippen LogP contribution in [-0.4, -0.2) is 15.3 Å². The van der Waals surface area contributed by atoms with Gasteiger partial charge in [0, 0.05) is 6.20 Å². The molecule has 5 nitrogen and oxygen atoms in total. The fourth-order valence-corrected chi connectivity index (χ4v) is 2.07. The van der Waals surface area contributed by atoms with Crippen LogP contribution in [0.15, 0.2) is 40.1 Å². The zero-order valence-corrected chi connectivity index (χ0v) is 12.6. The Kier molecular flexibility index (Phi) is 3.68. The van der Waals surface area contributed by atoms with E-state index in [1.807, 2.05) is 12.1 Å². The number of benzene rings is 1. The van der Waals surface area contributed by atoms with Crippen LogP contribution in [0.1, 0.15) is 43.6 Å². The summed E-state index contributed by atoms with van der Waals surface area (Å²) in [6.07, 6.45) is 1.16. The normalized spacial score (nSPS) is 11.4. The topological polar surface area (TPSA) is 71.9 Å². The molecule has 110 valence electrons. The maximum absolute atomic E-state index is 12.2. The van der Waals surface area contributed by atoms with Crippen LogP contribution in [0.5, 0.6) is 0 Å². The minimum Gasteiger partial charge on any atom is -0.313 e. The molecule has 2 aromatic rings. The predicted octanol–water partition coefficient (Wildman–Crippen LogP) is 2.03. The van der Waals surface area contributed by atoms with Gasteiger partial charge in [-0.05, 0) is 30.0 Å². The molecule has 2 rings (SSSR count). The van der Waals surface area contributed by atoms with Crippen LogP contribution in [0.4, 0.5) is 0 Å². The Bertz CT molecular complexity index is 790. The van der Waals surface area contributed by atoms with Crippen LogP contribution in [0, 0.1) is 0 Å². The lowest BCUT2D eigenvalue weighted by molar-refractivity contribution is 0.101. The first-order chi connectivity index (χ1) is 9.71. The van der Waals surface area contributed by atoms with Gasteiger partial charge in [0.15, 0.2) is 5.78 Å². The van der Waals surface area contributed by atoms with E-state index in [9.17, 15) is 14.4 Å². The third kappa shape index (κ3) is 2.86. The first kappa shape index (κ1) is 15.0. The molecule has 0 aliphatic rings. The molecule has 1 N–H and O–H groups in total. The Balaban J connectivity index is 2.63. The van der Waals surface area contributed by atoms with Crippen LogP contribution < -0.4 is 11.2 Å². The van der Waals surface area contributed by atoms with Gasteiger partial charge < -0.3 is 4.98 Å². The summed E-state index contributed by atoms with van der Waals surface area (Å²) in [6.45, 7) is 7.54. The van der Waals surface area contributed by atoms with Crippen molar-refractivity contribution in [2.24, 2.45) is 0 Å². The number of aromatic amines is 1. The summed E-state index contributed by atoms with van der Waals surface area (Å²) in [7, 11) is 0. The Hall–Kier alpha value is -2.43. The Labute approximate surface area is 122 Å². The minimum atomic E-state index is -0.602. The summed E-state index contributed by atoms with van der Waals surface area (Å²) in [5.41, 5.74) is 0.325. The van der Waals surface area contributed by atoms with Gasteiger partial charge in [0.25, 0.3) is 5.56 Å². The fourth-order valence-electron chi connectivity index (χ4n) is 2.07. The lowest BCUT2D eigenvalue weighted by Gasteiger charge is -2.19. The second-order valence-corrected chi connectivity index (χ2v) is 6.00. The molecule has 1 aromatic carbocycles. The molecule has 0 saturated carbocycles. The molecule has 5 heteroatoms. The highest BCUT2D eigenvalue weighted by molar-refractivity contribution is 5.93. The average molecular weight is 286 g/mol. The molecular formula is C16H18N2O3. The second-order valence-electron chi connectivity index (χ2n) is 6.00. The van der Waals surface area contributed by atoms with E-state index in [1.54, 1.807) is 12.1 Å². The number of hydrogen-bond acceptors (Lipinski definition) is 3. The number of nitrogens with zero attached hydrogens (tertiary/aromatic N) is 1. The summed E-state index contributed by atoms with van der Waals surface area (Å²) >= 11 is 0. The van der Waals surface area contributed by atoms with E-state index < -0.39 is 11.2 Å². The van der Waals surface area contributed by atoms with Crippen molar-refractivity contribution in [3.05, 3.63) is 62.4 Å². The van der Waals surface area contributed by atoms with Gasteiger partial charge in [0.2, 0.25) is 0 Å². The highest BCUT2D eigenvalue weighted by Crippen LogP contribution is 2.22. The van der Waals surface area contributed by atoms with Crippen molar-refractivity contribution >= 4 is 5.78 Å². The number of carbonyl (C=O) groups is 1. The number of nitrogens with one attached hydrogen (secondary N) is 1. The quantitative estimate of drug-likeness (QED) is 0.859. The molecular weight excluding hydrogens is 268 g/mol. The van der Waals surface area contributed by atoms with E-state index in [0.717, 1.165) is 16.3 Å². The molecule has 0 bridgehead atoms. The van der Waals surface area contributed by atoms with Gasteiger partial charge >= 0.3 is 5.69 Å². The number of hydrogen-bond donors (Lipinski definition) is 1.